The number of likely N-dealkylation sites (tertiary alicyclic amines) is 1. The standard InChI is InChI=1S/C28H33F2N3O2/c1-20(2)28(19-31,22-9-4-3-5-10-22)15-7-6-12-26(34)33-16-8-11-25(33)27(35)32-18-21-17-23(29)13-14-24(21)30/h3-5,9-10,13-14,17,20,25H,6-8,11-12,15-16,18H2,1-2H3,(H,32,35)/t25-,28?/m1/s1. The van der Waals surface area contributed by atoms with Gasteiger partial charge in [0.1, 0.15) is 17.7 Å². The molecule has 7 heteroatoms. The highest BCUT2D eigenvalue weighted by Gasteiger charge is 2.36. The Labute approximate surface area is 206 Å². The Morgan fingerprint density at radius 2 is 1.91 bits per heavy atom. The zero-order valence-corrected chi connectivity index (χ0v) is 20.4. The van der Waals surface area contributed by atoms with Crippen molar-refractivity contribution in [1.82, 2.24) is 10.2 Å². The summed E-state index contributed by atoms with van der Waals surface area (Å²) in [7, 11) is 0. The Hall–Kier alpha value is -3.27. The van der Waals surface area contributed by atoms with Gasteiger partial charge in [0.05, 0.1) is 11.5 Å². The highest BCUT2D eigenvalue weighted by atomic mass is 19.1. The van der Waals surface area contributed by atoms with Crippen molar-refractivity contribution in [2.45, 2.75) is 70.4 Å². The van der Waals surface area contributed by atoms with Gasteiger partial charge in [-0.2, -0.15) is 5.26 Å². The van der Waals surface area contributed by atoms with E-state index in [0.29, 0.717) is 32.2 Å². The second kappa shape index (κ2) is 11.9. The second-order valence-corrected chi connectivity index (χ2v) is 9.51. The van der Waals surface area contributed by atoms with Crippen LogP contribution >= 0.6 is 0 Å². The minimum absolute atomic E-state index is 0.0683. The van der Waals surface area contributed by atoms with Crippen LogP contribution in [0, 0.1) is 28.9 Å². The third-order valence-corrected chi connectivity index (χ3v) is 7.02. The number of rotatable bonds is 10. The van der Waals surface area contributed by atoms with E-state index in [2.05, 4.69) is 11.4 Å². The first-order chi connectivity index (χ1) is 16.8. The summed E-state index contributed by atoms with van der Waals surface area (Å²) in [6.07, 6.45) is 3.56. The second-order valence-electron chi connectivity index (χ2n) is 9.51. The van der Waals surface area contributed by atoms with E-state index in [0.717, 1.165) is 36.6 Å². The van der Waals surface area contributed by atoms with E-state index in [1.165, 1.54) is 0 Å². The van der Waals surface area contributed by atoms with Crippen LogP contribution in [0.4, 0.5) is 8.78 Å². The van der Waals surface area contributed by atoms with Gasteiger partial charge in [0.2, 0.25) is 11.8 Å². The van der Waals surface area contributed by atoms with Gasteiger partial charge in [-0.1, -0.05) is 50.6 Å². The van der Waals surface area contributed by atoms with Crippen LogP contribution in [0.2, 0.25) is 0 Å². The Bertz CT molecular complexity index is 1070. The van der Waals surface area contributed by atoms with Gasteiger partial charge in [0, 0.05) is 25.1 Å². The summed E-state index contributed by atoms with van der Waals surface area (Å²) in [6, 6.07) is 14.8. The topological polar surface area (TPSA) is 73.2 Å². The van der Waals surface area contributed by atoms with E-state index in [-0.39, 0.29) is 29.8 Å². The molecule has 2 aromatic rings. The average molecular weight is 482 g/mol. The van der Waals surface area contributed by atoms with Gasteiger partial charge in [-0.05, 0) is 55.4 Å². The molecule has 2 atom stereocenters. The lowest BCUT2D eigenvalue weighted by molar-refractivity contribution is -0.138. The highest BCUT2D eigenvalue weighted by molar-refractivity contribution is 5.88. The molecule has 0 bridgehead atoms. The fraction of sp³-hybridized carbons (Fsp3) is 0.464. The van der Waals surface area contributed by atoms with Crippen molar-refractivity contribution in [3.8, 4) is 6.07 Å². The first kappa shape index (κ1) is 26.3. The first-order valence-corrected chi connectivity index (χ1v) is 12.3. The third kappa shape index (κ3) is 6.25. The molecule has 0 aliphatic carbocycles. The van der Waals surface area contributed by atoms with Crippen LogP contribution in [-0.4, -0.2) is 29.3 Å². The summed E-state index contributed by atoms with van der Waals surface area (Å²) < 4.78 is 27.2. The number of carbonyl (C=O) groups is 2. The number of benzene rings is 2. The van der Waals surface area contributed by atoms with E-state index >= 15 is 0 Å². The number of nitrogens with zero attached hydrogens (tertiary/aromatic N) is 2. The lowest BCUT2D eigenvalue weighted by Crippen LogP contribution is -2.45. The number of halogens is 2. The molecule has 1 aliphatic rings. The number of hydrogen-bond acceptors (Lipinski definition) is 3. The summed E-state index contributed by atoms with van der Waals surface area (Å²) in [5.74, 6) is -1.48. The summed E-state index contributed by atoms with van der Waals surface area (Å²) in [4.78, 5) is 27.2. The number of carbonyl (C=O) groups excluding carboxylic acids is 2. The molecular weight excluding hydrogens is 448 g/mol. The fourth-order valence-electron chi connectivity index (χ4n) is 4.89. The van der Waals surface area contributed by atoms with Crippen molar-refractivity contribution < 1.29 is 18.4 Å². The molecule has 1 aliphatic heterocycles. The van der Waals surface area contributed by atoms with Crippen molar-refractivity contribution in [2.75, 3.05) is 6.54 Å². The lowest BCUT2D eigenvalue weighted by atomic mass is 9.69. The molecule has 0 radical (unpaired) electrons. The van der Waals surface area contributed by atoms with E-state index in [1.54, 1.807) is 4.90 Å². The van der Waals surface area contributed by atoms with Crippen LogP contribution in [0.15, 0.2) is 48.5 Å². The molecule has 5 nitrogen and oxygen atoms in total. The molecule has 1 unspecified atom stereocenters. The third-order valence-electron chi connectivity index (χ3n) is 7.02. The van der Waals surface area contributed by atoms with E-state index in [4.69, 9.17) is 0 Å². The maximum Gasteiger partial charge on any atom is 0.243 e. The quantitative estimate of drug-likeness (QED) is 0.471. The predicted molar refractivity (Wildman–Crippen MR) is 130 cm³/mol. The zero-order valence-electron chi connectivity index (χ0n) is 20.4. The minimum atomic E-state index is -0.605. The Morgan fingerprint density at radius 1 is 1.17 bits per heavy atom. The van der Waals surface area contributed by atoms with Crippen molar-refractivity contribution in [1.29, 1.82) is 5.26 Å². The number of amides is 2. The molecule has 1 saturated heterocycles. The Balaban J connectivity index is 1.53. The normalized spacial score (nSPS) is 17.1. The lowest BCUT2D eigenvalue weighted by Gasteiger charge is -2.31. The van der Waals surface area contributed by atoms with Crippen LogP contribution < -0.4 is 5.32 Å². The largest absolute Gasteiger partial charge is 0.350 e. The molecule has 0 aromatic heterocycles. The number of unbranched alkanes of at least 4 members (excludes halogenated alkanes) is 1. The summed E-state index contributed by atoms with van der Waals surface area (Å²) >= 11 is 0. The minimum Gasteiger partial charge on any atom is -0.350 e. The molecule has 35 heavy (non-hydrogen) atoms. The van der Waals surface area contributed by atoms with Gasteiger partial charge in [-0.25, -0.2) is 8.78 Å². The monoisotopic (exact) mass is 481 g/mol. The Morgan fingerprint density at radius 3 is 2.60 bits per heavy atom. The van der Waals surface area contributed by atoms with Crippen LogP contribution in [0.5, 0.6) is 0 Å². The first-order valence-electron chi connectivity index (χ1n) is 12.3. The summed E-state index contributed by atoms with van der Waals surface area (Å²) in [5.41, 5.74) is 0.459. The number of nitriles is 1. The molecule has 1 heterocycles. The van der Waals surface area contributed by atoms with Gasteiger partial charge < -0.3 is 10.2 Å². The van der Waals surface area contributed by atoms with Crippen LogP contribution in [0.1, 0.15) is 63.5 Å². The number of nitrogens with one attached hydrogen (secondary N) is 1. The molecule has 0 spiro atoms. The summed E-state index contributed by atoms with van der Waals surface area (Å²) in [6.45, 7) is 4.46. The molecule has 2 aromatic carbocycles. The van der Waals surface area contributed by atoms with Crippen molar-refractivity contribution in [3.63, 3.8) is 0 Å². The average Bonchev–Trinajstić information content (AvgIpc) is 3.35. The van der Waals surface area contributed by atoms with Gasteiger partial charge in [-0.3, -0.25) is 9.59 Å². The number of hydrogen-bond donors (Lipinski definition) is 1. The molecule has 186 valence electrons. The van der Waals surface area contributed by atoms with E-state index in [9.17, 15) is 23.6 Å². The summed E-state index contributed by atoms with van der Waals surface area (Å²) in [5, 5.41) is 12.7. The fourth-order valence-corrected chi connectivity index (χ4v) is 4.89. The Kier molecular flexibility index (Phi) is 8.97. The van der Waals surface area contributed by atoms with Crippen molar-refractivity contribution in [2.24, 2.45) is 5.92 Å². The molecule has 3 rings (SSSR count). The molecule has 1 N–H and O–H groups in total. The van der Waals surface area contributed by atoms with E-state index in [1.807, 2.05) is 44.2 Å². The SMILES string of the molecule is CC(C)C(C#N)(CCCCC(=O)N1CCC[C@@H]1C(=O)NCc1cc(F)ccc1F)c1ccccc1. The molecular formula is C28H33F2N3O2. The van der Waals surface area contributed by atoms with Crippen LogP contribution in [0.3, 0.4) is 0 Å². The molecule has 2 amide bonds. The van der Waals surface area contributed by atoms with Gasteiger partial charge >= 0.3 is 0 Å². The molecule has 1 fully saturated rings. The van der Waals surface area contributed by atoms with Crippen LogP contribution in [0.25, 0.3) is 0 Å². The van der Waals surface area contributed by atoms with Gasteiger partial charge in [0.25, 0.3) is 0 Å². The zero-order chi connectivity index (χ0) is 25.4. The van der Waals surface area contributed by atoms with Crippen molar-refractivity contribution >= 4 is 11.8 Å². The smallest absolute Gasteiger partial charge is 0.243 e. The van der Waals surface area contributed by atoms with Gasteiger partial charge in [0.15, 0.2) is 0 Å². The van der Waals surface area contributed by atoms with Crippen molar-refractivity contribution in [3.05, 3.63) is 71.3 Å². The van der Waals surface area contributed by atoms with Gasteiger partial charge in [-0.15, -0.1) is 0 Å². The maximum atomic E-state index is 13.8. The predicted octanol–water partition coefficient (Wildman–Crippen LogP) is 5.25. The van der Waals surface area contributed by atoms with E-state index < -0.39 is 23.1 Å². The maximum absolute atomic E-state index is 13.8. The van der Waals surface area contributed by atoms with Crippen LogP contribution in [-0.2, 0) is 21.5 Å². The highest BCUT2D eigenvalue weighted by Crippen LogP contribution is 2.37. The molecule has 0 saturated carbocycles.